The molecule has 2 rings (SSSR count). The van der Waals surface area contributed by atoms with E-state index < -0.39 is 5.97 Å². The van der Waals surface area contributed by atoms with Gasteiger partial charge in [-0.2, -0.15) is 0 Å². The number of aromatic nitrogens is 1. The lowest BCUT2D eigenvalue weighted by Crippen LogP contribution is -2.41. The maximum Gasteiger partial charge on any atom is 0.315 e. The highest BCUT2D eigenvalue weighted by Crippen LogP contribution is 2.25. The van der Waals surface area contributed by atoms with Crippen LogP contribution in [0.2, 0.25) is 0 Å². The van der Waals surface area contributed by atoms with E-state index >= 15 is 0 Å². The molecule has 1 aromatic heterocycles. The van der Waals surface area contributed by atoms with Gasteiger partial charge in [0.25, 0.3) is 0 Å². The second kappa shape index (κ2) is 6.36. The summed E-state index contributed by atoms with van der Waals surface area (Å²) in [5, 5.41) is 14.5. The molecule has 108 valence electrons. The van der Waals surface area contributed by atoms with Gasteiger partial charge in [-0.05, 0) is 37.8 Å². The average molecular weight is 277 g/mol. The summed E-state index contributed by atoms with van der Waals surface area (Å²) < 4.78 is 0. The molecule has 0 radical (unpaired) electrons. The van der Waals surface area contributed by atoms with Crippen molar-refractivity contribution in [2.24, 2.45) is 5.92 Å². The lowest BCUT2D eigenvalue weighted by Gasteiger charge is -2.13. The number of urea groups is 1. The molecule has 6 nitrogen and oxygen atoms in total. The second-order valence-electron chi connectivity index (χ2n) is 5.14. The van der Waals surface area contributed by atoms with Crippen LogP contribution >= 0.6 is 0 Å². The Morgan fingerprint density at radius 1 is 1.45 bits per heavy atom. The predicted octanol–water partition coefficient (Wildman–Crippen LogP) is 1.44. The highest BCUT2D eigenvalue weighted by molar-refractivity contribution is 5.75. The number of amides is 2. The highest BCUT2D eigenvalue weighted by atomic mass is 16.4. The van der Waals surface area contributed by atoms with Crippen molar-refractivity contribution in [3.63, 3.8) is 0 Å². The third-order valence-corrected chi connectivity index (χ3v) is 3.65. The van der Waals surface area contributed by atoms with Gasteiger partial charge in [0.2, 0.25) is 0 Å². The van der Waals surface area contributed by atoms with Crippen LogP contribution in [0.5, 0.6) is 0 Å². The number of carbonyl (C=O) groups is 2. The molecular weight excluding hydrogens is 258 g/mol. The Balaban J connectivity index is 1.77. The summed E-state index contributed by atoms with van der Waals surface area (Å²) in [7, 11) is 0. The van der Waals surface area contributed by atoms with Gasteiger partial charge in [-0.3, -0.25) is 9.78 Å². The minimum Gasteiger partial charge on any atom is -0.481 e. The second-order valence-corrected chi connectivity index (χ2v) is 5.14. The van der Waals surface area contributed by atoms with Gasteiger partial charge in [0.05, 0.1) is 18.2 Å². The fraction of sp³-hybridized carbons (Fsp3) is 0.500. The molecule has 3 N–H and O–H groups in total. The topological polar surface area (TPSA) is 91.3 Å². The molecule has 1 saturated carbocycles. The number of carboxylic acid groups (broad SMARTS) is 1. The van der Waals surface area contributed by atoms with E-state index in [1.54, 1.807) is 6.20 Å². The van der Waals surface area contributed by atoms with E-state index in [2.05, 4.69) is 15.6 Å². The summed E-state index contributed by atoms with van der Waals surface area (Å²) in [5.74, 6) is -1.11. The van der Waals surface area contributed by atoms with Crippen molar-refractivity contribution in [3.05, 3.63) is 29.6 Å². The zero-order valence-electron chi connectivity index (χ0n) is 11.4. The van der Waals surface area contributed by atoms with E-state index in [1.807, 2.05) is 19.1 Å². The van der Waals surface area contributed by atoms with Crippen molar-refractivity contribution in [1.82, 2.24) is 15.6 Å². The predicted molar refractivity (Wildman–Crippen MR) is 73.1 cm³/mol. The first kappa shape index (κ1) is 14.3. The molecule has 1 fully saturated rings. The molecule has 0 bridgehead atoms. The molecule has 6 heteroatoms. The van der Waals surface area contributed by atoms with Gasteiger partial charge in [0.1, 0.15) is 0 Å². The smallest absolute Gasteiger partial charge is 0.315 e. The monoisotopic (exact) mass is 277 g/mol. The third-order valence-electron chi connectivity index (χ3n) is 3.65. The van der Waals surface area contributed by atoms with Gasteiger partial charge < -0.3 is 15.7 Å². The number of nitrogens with zero attached hydrogens (tertiary/aromatic N) is 1. The maximum absolute atomic E-state index is 11.8. The van der Waals surface area contributed by atoms with Crippen LogP contribution in [0.4, 0.5) is 4.79 Å². The van der Waals surface area contributed by atoms with Crippen molar-refractivity contribution in [2.45, 2.75) is 38.8 Å². The quantitative estimate of drug-likeness (QED) is 0.776. The fourth-order valence-corrected chi connectivity index (χ4v) is 2.44. The Hall–Kier alpha value is -2.11. The van der Waals surface area contributed by atoms with Gasteiger partial charge in [-0.15, -0.1) is 0 Å². The summed E-state index contributed by atoms with van der Waals surface area (Å²) in [6, 6.07) is 3.46. The van der Waals surface area contributed by atoms with Crippen molar-refractivity contribution >= 4 is 12.0 Å². The summed E-state index contributed by atoms with van der Waals surface area (Å²) in [6.45, 7) is 2.31. The molecule has 2 atom stereocenters. The molecule has 0 aliphatic heterocycles. The van der Waals surface area contributed by atoms with E-state index in [0.717, 1.165) is 11.3 Å². The summed E-state index contributed by atoms with van der Waals surface area (Å²) in [4.78, 5) is 26.8. The first-order chi connectivity index (χ1) is 9.56. The number of hydrogen-bond donors (Lipinski definition) is 3. The fourth-order valence-electron chi connectivity index (χ4n) is 2.44. The average Bonchev–Trinajstić information content (AvgIpc) is 2.86. The van der Waals surface area contributed by atoms with Crippen molar-refractivity contribution in [3.8, 4) is 0 Å². The van der Waals surface area contributed by atoms with Gasteiger partial charge in [0, 0.05) is 12.2 Å². The Labute approximate surface area is 117 Å². The van der Waals surface area contributed by atoms with Gasteiger partial charge in [-0.25, -0.2) is 4.79 Å². The van der Waals surface area contributed by atoms with Crippen molar-refractivity contribution in [1.29, 1.82) is 0 Å². The van der Waals surface area contributed by atoms with E-state index in [1.165, 1.54) is 0 Å². The van der Waals surface area contributed by atoms with Crippen molar-refractivity contribution < 1.29 is 14.7 Å². The summed E-state index contributed by atoms with van der Waals surface area (Å²) in [6.07, 6.45) is 3.54. The number of aliphatic carboxylic acids is 1. The molecular formula is C14H19N3O3. The summed E-state index contributed by atoms with van der Waals surface area (Å²) in [5.41, 5.74) is 1.86. The first-order valence-corrected chi connectivity index (χ1v) is 6.74. The molecule has 1 aromatic rings. The molecule has 1 aliphatic rings. The first-order valence-electron chi connectivity index (χ1n) is 6.74. The van der Waals surface area contributed by atoms with Crippen LogP contribution in [-0.4, -0.2) is 28.1 Å². The number of pyridine rings is 1. The van der Waals surface area contributed by atoms with E-state index in [9.17, 15) is 9.59 Å². The number of hydrogen-bond acceptors (Lipinski definition) is 3. The van der Waals surface area contributed by atoms with Crippen LogP contribution in [-0.2, 0) is 11.3 Å². The van der Waals surface area contributed by atoms with Gasteiger partial charge >= 0.3 is 12.0 Å². The minimum absolute atomic E-state index is 0.0547. The standard InChI is InChI=1S/C14H19N3O3/c1-9-3-2-6-15-12(9)8-16-14(20)17-11-5-4-10(7-11)13(18)19/h2-3,6,10-11H,4-5,7-8H2,1H3,(H,18,19)(H2,16,17,20)/t10-,11+/m1/s1. The van der Waals surface area contributed by atoms with Gasteiger partial charge in [-0.1, -0.05) is 6.07 Å². The van der Waals surface area contributed by atoms with Crippen LogP contribution in [0.1, 0.15) is 30.5 Å². The third kappa shape index (κ3) is 3.69. The number of carbonyl (C=O) groups excluding carboxylic acids is 1. The van der Waals surface area contributed by atoms with Crippen LogP contribution in [0.15, 0.2) is 18.3 Å². The van der Waals surface area contributed by atoms with Gasteiger partial charge in [0.15, 0.2) is 0 Å². The SMILES string of the molecule is Cc1cccnc1CNC(=O)N[C@H]1CC[C@@H](C(=O)O)C1. The molecule has 1 heterocycles. The number of carboxylic acids is 1. The normalized spacial score (nSPS) is 21.4. The highest BCUT2D eigenvalue weighted by Gasteiger charge is 2.30. The van der Waals surface area contributed by atoms with Crippen LogP contribution < -0.4 is 10.6 Å². The Morgan fingerprint density at radius 2 is 2.25 bits per heavy atom. The van der Waals surface area contributed by atoms with E-state index in [4.69, 9.17) is 5.11 Å². The van der Waals surface area contributed by atoms with Crippen LogP contribution in [0, 0.1) is 12.8 Å². The zero-order valence-corrected chi connectivity index (χ0v) is 11.4. The minimum atomic E-state index is -0.779. The number of nitrogens with one attached hydrogen (secondary N) is 2. The lowest BCUT2D eigenvalue weighted by molar-refractivity contribution is -0.141. The largest absolute Gasteiger partial charge is 0.481 e. The van der Waals surface area contributed by atoms with Crippen LogP contribution in [0.25, 0.3) is 0 Å². The summed E-state index contributed by atoms with van der Waals surface area (Å²) >= 11 is 0. The number of aryl methyl sites for hydroxylation is 1. The Kier molecular flexibility index (Phi) is 4.55. The molecule has 0 saturated heterocycles. The Morgan fingerprint density at radius 3 is 2.90 bits per heavy atom. The molecule has 0 spiro atoms. The van der Waals surface area contributed by atoms with E-state index in [-0.39, 0.29) is 18.0 Å². The molecule has 20 heavy (non-hydrogen) atoms. The lowest BCUT2D eigenvalue weighted by atomic mass is 10.1. The maximum atomic E-state index is 11.8. The zero-order chi connectivity index (χ0) is 14.5. The molecule has 0 aromatic carbocycles. The molecule has 1 aliphatic carbocycles. The van der Waals surface area contributed by atoms with Crippen molar-refractivity contribution in [2.75, 3.05) is 0 Å². The van der Waals surface area contributed by atoms with Crippen LogP contribution in [0.3, 0.4) is 0 Å². The van der Waals surface area contributed by atoms with E-state index in [0.29, 0.717) is 25.8 Å². The number of rotatable bonds is 4. The molecule has 0 unspecified atom stereocenters. The Bertz CT molecular complexity index is 504. The molecule has 2 amide bonds.